The Balaban J connectivity index is 1.95. The average Bonchev–Trinajstić information content (AvgIpc) is 2.59. The maximum absolute atomic E-state index is 12.2. The van der Waals surface area contributed by atoms with Crippen LogP contribution in [0.5, 0.6) is 5.75 Å². The van der Waals surface area contributed by atoms with Crippen molar-refractivity contribution in [2.45, 2.75) is 6.92 Å². The van der Waals surface area contributed by atoms with Crippen molar-refractivity contribution in [1.82, 2.24) is 0 Å². The largest absolute Gasteiger partial charge is 0.487 e. The number of carbonyl (C=O) groups excluding carboxylic acids is 2. The lowest BCUT2D eigenvalue weighted by molar-refractivity contribution is -0.114. The van der Waals surface area contributed by atoms with E-state index in [0.717, 1.165) is 5.57 Å². The van der Waals surface area contributed by atoms with Crippen LogP contribution in [-0.2, 0) is 4.79 Å². The maximum Gasteiger partial charge on any atom is 0.248 e. The molecule has 0 saturated heterocycles. The van der Waals surface area contributed by atoms with Crippen molar-refractivity contribution in [3.8, 4) is 5.75 Å². The molecular weight excluding hydrogens is 318 g/mol. The minimum atomic E-state index is -0.517. The van der Waals surface area contributed by atoms with E-state index >= 15 is 0 Å². The van der Waals surface area contributed by atoms with Gasteiger partial charge in [0.15, 0.2) is 0 Å². The Bertz CT molecular complexity index is 787. The van der Waals surface area contributed by atoms with Crippen LogP contribution in [0.4, 0.5) is 11.4 Å². The average molecular weight is 339 g/mol. The van der Waals surface area contributed by atoms with Gasteiger partial charge < -0.3 is 21.1 Å². The molecule has 0 bridgehead atoms. The predicted octanol–water partition coefficient (Wildman–Crippen LogP) is 2.79. The first-order valence-corrected chi connectivity index (χ1v) is 7.75. The Hall–Kier alpha value is -3.28. The van der Waals surface area contributed by atoms with E-state index in [1.165, 1.54) is 0 Å². The van der Waals surface area contributed by atoms with Gasteiger partial charge in [-0.3, -0.25) is 9.59 Å². The highest BCUT2D eigenvalue weighted by Gasteiger charge is 2.08. The summed E-state index contributed by atoms with van der Waals surface area (Å²) in [6, 6.07) is 13.8. The quantitative estimate of drug-likeness (QED) is 0.645. The molecule has 6 nitrogen and oxygen atoms in total. The number of carbonyl (C=O) groups is 2. The topological polar surface area (TPSA) is 93.4 Å². The highest BCUT2D eigenvalue weighted by atomic mass is 16.5. The molecule has 0 atom stereocenters. The fourth-order valence-electron chi connectivity index (χ4n) is 2.06. The lowest BCUT2D eigenvalue weighted by atomic mass is 10.2. The summed E-state index contributed by atoms with van der Waals surface area (Å²) in [5.74, 6) is -0.179. The summed E-state index contributed by atoms with van der Waals surface area (Å²) in [5, 5.41) is 5.75. The third kappa shape index (κ3) is 5.69. The molecule has 0 aliphatic rings. The van der Waals surface area contributed by atoms with E-state index in [-0.39, 0.29) is 12.5 Å². The molecule has 0 aliphatic heterocycles. The molecule has 6 heteroatoms. The number of ether oxygens (including phenoxy) is 1. The molecular formula is C19H21N3O3. The van der Waals surface area contributed by atoms with E-state index in [1.807, 2.05) is 19.1 Å². The number of nitrogens with two attached hydrogens (primary N) is 1. The van der Waals surface area contributed by atoms with Crippen LogP contribution in [0, 0.1) is 0 Å². The number of hydrogen-bond acceptors (Lipinski definition) is 4. The van der Waals surface area contributed by atoms with Crippen molar-refractivity contribution in [1.29, 1.82) is 0 Å². The highest BCUT2D eigenvalue weighted by molar-refractivity contribution is 5.96. The number of nitrogens with one attached hydrogen (secondary N) is 2. The first-order chi connectivity index (χ1) is 12.0. The third-order valence-electron chi connectivity index (χ3n) is 3.24. The van der Waals surface area contributed by atoms with E-state index < -0.39 is 5.91 Å². The fourth-order valence-corrected chi connectivity index (χ4v) is 2.06. The Labute approximate surface area is 146 Å². The Morgan fingerprint density at radius 1 is 1.16 bits per heavy atom. The molecule has 2 rings (SSSR count). The minimum Gasteiger partial charge on any atom is -0.487 e. The van der Waals surface area contributed by atoms with Crippen LogP contribution in [0.1, 0.15) is 17.3 Å². The smallest absolute Gasteiger partial charge is 0.248 e. The van der Waals surface area contributed by atoms with E-state index in [0.29, 0.717) is 29.3 Å². The summed E-state index contributed by atoms with van der Waals surface area (Å²) >= 11 is 0. The fraction of sp³-hybridized carbons (Fsp3) is 0.158. The maximum atomic E-state index is 12.2. The number of para-hydroxylation sites is 2. The number of hydrogen-bond donors (Lipinski definition) is 3. The van der Waals surface area contributed by atoms with E-state index in [1.54, 1.807) is 36.4 Å². The van der Waals surface area contributed by atoms with Crippen LogP contribution in [-0.4, -0.2) is 25.0 Å². The summed E-state index contributed by atoms with van der Waals surface area (Å²) in [6.07, 6.45) is 0. The van der Waals surface area contributed by atoms with Gasteiger partial charge in [0.1, 0.15) is 12.4 Å². The summed E-state index contributed by atoms with van der Waals surface area (Å²) in [4.78, 5) is 23.3. The van der Waals surface area contributed by atoms with E-state index in [4.69, 9.17) is 10.5 Å². The van der Waals surface area contributed by atoms with Crippen LogP contribution >= 0.6 is 0 Å². The van der Waals surface area contributed by atoms with Crippen molar-refractivity contribution in [2.24, 2.45) is 5.73 Å². The van der Waals surface area contributed by atoms with Gasteiger partial charge in [0.05, 0.1) is 12.2 Å². The molecule has 0 unspecified atom stereocenters. The first kappa shape index (κ1) is 18.1. The molecule has 0 aromatic heterocycles. The minimum absolute atomic E-state index is 0.0387. The highest BCUT2D eigenvalue weighted by Crippen LogP contribution is 2.24. The number of anilines is 2. The SMILES string of the molecule is C=C(C)COc1ccccc1NC(=O)CNc1cccc(C(N)=O)c1. The van der Waals surface area contributed by atoms with Gasteiger partial charge in [-0.2, -0.15) is 0 Å². The van der Waals surface area contributed by atoms with Crippen molar-refractivity contribution < 1.29 is 14.3 Å². The number of primary amides is 1. The van der Waals surface area contributed by atoms with E-state index in [9.17, 15) is 9.59 Å². The summed E-state index contributed by atoms with van der Waals surface area (Å²) in [7, 11) is 0. The molecule has 0 spiro atoms. The van der Waals surface area contributed by atoms with Crippen molar-refractivity contribution in [3.63, 3.8) is 0 Å². The van der Waals surface area contributed by atoms with Crippen LogP contribution in [0.15, 0.2) is 60.7 Å². The lowest BCUT2D eigenvalue weighted by Gasteiger charge is -2.13. The van der Waals surface area contributed by atoms with Crippen molar-refractivity contribution in [2.75, 3.05) is 23.8 Å². The molecule has 25 heavy (non-hydrogen) atoms. The lowest BCUT2D eigenvalue weighted by Crippen LogP contribution is -2.22. The molecule has 4 N–H and O–H groups in total. The van der Waals surface area contributed by atoms with Gasteiger partial charge in [-0.05, 0) is 42.8 Å². The molecule has 2 aromatic carbocycles. The van der Waals surface area contributed by atoms with Gasteiger partial charge in [0.25, 0.3) is 0 Å². The zero-order valence-electron chi connectivity index (χ0n) is 14.0. The summed E-state index contributed by atoms with van der Waals surface area (Å²) < 4.78 is 5.62. The zero-order chi connectivity index (χ0) is 18.2. The standard InChI is InChI=1S/C19H21N3O3/c1-13(2)12-25-17-9-4-3-8-16(17)22-18(23)11-21-15-7-5-6-14(10-15)19(20)24/h3-10,21H,1,11-12H2,2H3,(H2,20,24)(H,22,23). The summed E-state index contributed by atoms with van der Waals surface area (Å²) in [6.45, 7) is 6.07. The second-order valence-electron chi connectivity index (χ2n) is 5.59. The summed E-state index contributed by atoms with van der Waals surface area (Å²) in [5.41, 5.74) is 7.73. The number of amides is 2. The van der Waals surface area contributed by atoms with Gasteiger partial charge in [-0.15, -0.1) is 0 Å². The molecule has 2 aromatic rings. The predicted molar refractivity (Wildman–Crippen MR) is 98.8 cm³/mol. The molecule has 0 radical (unpaired) electrons. The van der Waals surface area contributed by atoms with Crippen LogP contribution in [0.25, 0.3) is 0 Å². The molecule has 0 fully saturated rings. The van der Waals surface area contributed by atoms with E-state index in [2.05, 4.69) is 17.2 Å². The molecule has 130 valence electrons. The normalized spacial score (nSPS) is 9.96. The molecule has 0 saturated carbocycles. The molecule has 2 amide bonds. The Morgan fingerprint density at radius 3 is 2.64 bits per heavy atom. The first-order valence-electron chi connectivity index (χ1n) is 7.75. The van der Waals surface area contributed by atoms with Crippen LogP contribution in [0.3, 0.4) is 0 Å². The van der Waals surface area contributed by atoms with Crippen molar-refractivity contribution in [3.05, 3.63) is 66.2 Å². The second kappa shape index (κ2) is 8.54. The van der Waals surface area contributed by atoms with Crippen LogP contribution in [0.2, 0.25) is 0 Å². The number of rotatable bonds is 8. The monoisotopic (exact) mass is 339 g/mol. The molecule has 0 aliphatic carbocycles. The third-order valence-corrected chi connectivity index (χ3v) is 3.24. The van der Waals surface area contributed by atoms with Gasteiger partial charge in [0.2, 0.25) is 11.8 Å². The number of benzene rings is 2. The van der Waals surface area contributed by atoms with Gasteiger partial charge >= 0.3 is 0 Å². The zero-order valence-corrected chi connectivity index (χ0v) is 14.0. The van der Waals surface area contributed by atoms with Gasteiger partial charge in [-0.1, -0.05) is 24.8 Å². The van der Waals surface area contributed by atoms with Gasteiger partial charge in [0, 0.05) is 11.3 Å². The Morgan fingerprint density at radius 2 is 1.92 bits per heavy atom. The Kier molecular flexibility index (Phi) is 6.17. The molecule has 0 heterocycles. The van der Waals surface area contributed by atoms with Crippen molar-refractivity contribution >= 4 is 23.2 Å². The second-order valence-corrected chi connectivity index (χ2v) is 5.59. The van der Waals surface area contributed by atoms with Gasteiger partial charge in [-0.25, -0.2) is 0 Å². The van der Waals surface area contributed by atoms with Crippen LogP contribution < -0.4 is 21.1 Å².